The van der Waals surface area contributed by atoms with E-state index in [1.54, 1.807) is 0 Å². The van der Waals surface area contributed by atoms with Crippen molar-refractivity contribution in [3.63, 3.8) is 0 Å². The van der Waals surface area contributed by atoms with E-state index in [1.165, 1.54) is 25.7 Å². The first kappa shape index (κ1) is 16.8. The van der Waals surface area contributed by atoms with Crippen LogP contribution in [0.25, 0.3) is 0 Å². The Kier molecular flexibility index (Phi) is 6.86. The number of halogens is 1. The number of anilines is 1. The summed E-state index contributed by atoms with van der Waals surface area (Å²) in [6, 6.07) is 7.51. The van der Waals surface area contributed by atoms with Crippen LogP contribution in [0.1, 0.15) is 38.2 Å². The van der Waals surface area contributed by atoms with Gasteiger partial charge in [0, 0.05) is 12.2 Å². The highest BCUT2D eigenvalue weighted by atomic mass is 35.5. The molecule has 0 radical (unpaired) electrons. The Hall–Kier alpha value is -1.22. The molecule has 1 aromatic rings. The smallest absolute Gasteiger partial charge is 0.224 e. The molecule has 0 saturated heterocycles. The summed E-state index contributed by atoms with van der Waals surface area (Å²) in [7, 11) is 0. The van der Waals surface area contributed by atoms with Gasteiger partial charge in [0.1, 0.15) is 0 Å². The predicted octanol–water partition coefficient (Wildman–Crippen LogP) is 3.18. The molecular weight excluding hydrogens is 272 g/mol. The SMILES string of the molecule is CC1CCCC(CNC(=O)Cc2ccc(N)cc2)C1.Cl. The van der Waals surface area contributed by atoms with Gasteiger partial charge in [-0.2, -0.15) is 0 Å². The standard InChI is InChI=1S/C16H24N2O.ClH/c1-12-3-2-4-14(9-12)11-18-16(19)10-13-5-7-15(17)8-6-13;/h5-8,12,14H,2-4,9-11,17H2,1H3,(H,18,19);1H. The molecule has 3 nitrogen and oxygen atoms in total. The zero-order valence-corrected chi connectivity index (χ0v) is 12.9. The summed E-state index contributed by atoms with van der Waals surface area (Å²) in [5.74, 6) is 1.59. The maximum absolute atomic E-state index is 11.9. The van der Waals surface area contributed by atoms with Crippen molar-refractivity contribution in [1.29, 1.82) is 0 Å². The van der Waals surface area contributed by atoms with E-state index in [1.807, 2.05) is 24.3 Å². The average molecular weight is 297 g/mol. The van der Waals surface area contributed by atoms with E-state index in [0.29, 0.717) is 12.3 Å². The topological polar surface area (TPSA) is 55.1 Å². The third-order valence-corrected chi connectivity index (χ3v) is 3.98. The largest absolute Gasteiger partial charge is 0.399 e. The van der Waals surface area contributed by atoms with E-state index in [4.69, 9.17) is 5.73 Å². The third kappa shape index (κ3) is 5.41. The van der Waals surface area contributed by atoms with Crippen LogP contribution in [0, 0.1) is 11.8 Å². The molecule has 1 saturated carbocycles. The first-order chi connectivity index (χ1) is 9.13. The highest BCUT2D eigenvalue weighted by Crippen LogP contribution is 2.27. The molecule has 2 atom stereocenters. The van der Waals surface area contributed by atoms with E-state index in [-0.39, 0.29) is 18.3 Å². The van der Waals surface area contributed by atoms with Gasteiger partial charge in [-0.1, -0.05) is 31.9 Å². The maximum Gasteiger partial charge on any atom is 0.224 e. The lowest BCUT2D eigenvalue weighted by Crippen LogP contribution is -2.32. The molecular formula is C16H25ClN2O. The monoisotopic (exact) mass is 296 g/mol. The van der Waals surface area contributed by atoms with Crippen molar-refractivity contribution in [2.24, 2.45) is 11.8 Å². The molecule has 2 unspecified atom stereocenters. The molecule has 1 aliphatic carbocycles. The molecule has 1 aromatic carbocycles. The Morgan fingerprint density at radius 3 is 2.65 bits per heavy atom. The highest BCUT2D eigenvalue weighted by molar-refractivity contribution is 5.85. The van der Waals surface area contributed by atoms with E-state index >= 15 is 0 Å². The van der Waals surface area contributed by atoms with Gasteiger partial charge in [0.15, 0.2) is 0 Å². The van der Waals surface area contributed by atoms with Crippen LogP contribution in [0.5, 0.6) is 0 Å². The first-order valence-corrected chi connectivity index (χ1v) is 7.24. The number of carbonyl (C=O) groups is 1. The molecule has 4 heteroatoms. The van der Waals surface area contributed by atoms with Crippen LogP contribution >= 0.6 is 12.4 Å². The fraction of sp³-hybridized carbons (Fsp3) is 0.562. The number of benzene rings is 1. The third-order valence-electron chi connectivity index (χ3n) is 3.98. The van der Waals surface area contributed by atoms with E-state index in [2.05, 4.69) is 12.2 Å². The highest BCUT2D eigenvalue weighted by Gasteiger charge is 2.19. The molecule has 0 heterocycles. The zero-order chi connectivity index (χ0) is 13.7. The van der Waals surface area contributed by atoms with Crippen molar-refractivity contribution < 1.29 is 4.79 Å². The van der Waals surface area contributed by atoms with Crippen molar-refractivity contribution in [2.75, 3.05) is 12.3 Å². The van der Waals surface area contributed by atoms with Crippen LogP contribution in [0.2, 0.25) is 0 Å². The minimum Gasteiger partial charge on any atom is -0.399 e. The minimum absolute atomic E-state index is 0. The molecule has 2 rings (SSSR count). The molecule has 112 valence electrons. The summed E-state index contributed by atoms with van der Waals surface area (Å²) in [5.41, 5.74) is 7.38. The lowest BCUT2D eigenvalue weighted by Gasteiger charge is -2.26. The quantitative estimate of drug-likeness (QED) is 0.839. The second-order valence-electron chi connectivity index (χ2n) is 5.86. The number of nitrogen functional groups attached to an aromatic ring is 1. The average Bonchev–Trinajstić information content (AvgIpc) is 2.39. The first-order valence-electron chi connectivity index (χ1n) is 7.24. The normalized spacial score (nSPS) is 21.9. The summed E-state index contributed by atoms with van der Waals surface area (Å²) in [4.78, 5) is 11.9. The lowest BCUT2D eigenvalue weighted by atomic mass is 9.82. The Morgan fingerprint density at radius 2 is 2.00 bits per heavy atom. The van der Waals surface area contributed by atoms with Gasteiger partial charge in [0.2, 0.25) is 5.91 Å². The second kappa shape index (κ2) is 8.15. The molecule has 3 N–H and O–H groups in total. The molecule has 20 heavy (non-hydrogen) atoms. The van der Waals surface area contributed by atoms with Gasteiger partial charge < -0.3 is 11.1 Å². The van der Waals surface area contributed by atoms with Gasteiger partial charge in [-0.15, -0.1) is 12.4 Å². The second-order valence-corrected chi connectivity index (χ2v) is 5.86. The van der Waals surface area contributed by atoms with Crippen LogP contribution in [0.3, 0.4) is 0 Å². The van der Waals surface area contributed by atoms with Gasteiger partial charge in [-0.25, -0.2) is 0 Å². The zero-order valence-electron chi connectivity index (χ0n) is 12.1. The van der Waals surface area contributed by atoms with E-state index in [9.17, 15) is 4.79 Å². The summed E-state index contributed by atoms with van der Waals surface area (Å²) < 4.78 is 0. The van der Waals surface area contributed by atoms with Crippen molar-refractivity contribution in [1.82, 2.24) is 5.32 Å². The fourth-order valence-corrected chi connectivity index (χ4v) is 2.89. The van der Waals surface area contributed by atoms with E-state index < -0.39 is 0 Å². The number of amides is 1. The van der Waals surface area contributed by atoms with Crippen LogP contribution in [0.15, 0.2) is 24.3 Å². The fourth-order valence-electron chi connectivity index (χ4n) is 2.89. The molecule has 0 aromatic heterocycles. The summed E-state index contributed by atoms with van der Waals surface area (Å²) in [5, 5.41) is 3.07. The van der Waals surface area contributed by atoms with Gasteiger partial charge in [-0.05, 0) is 42.4 Å². The maximum atomic E-state index is 11.9. The Labute approximate surface area is 127 Å². The molecule has 0 aliphatic heterocycles. The Morgan fingerprint density at radius 1 is 1.30 bits per heavy atom. The van der Waals surface area contributed by atoms with Crippen LogP contribution in [0.4, 0.5) is 5.69 Å². The van der Waals surface area contributed by atoms with Crippen LogP contribution in [-0.2, 0) is 11.2 Å². The molecule has 1 amide bonds. The molecule has 0 bridgehead atoms. The van der Waals surface area contributed by atoms with Crippen molar-refractivity contribution in [2.45, 2.75) is 39.0 Å². The number of nitrogens with one attached hydrogen (secondary N) is 1. The summed E-state index contributed by atoms with van der Waals surface area (Å²) in [6.45, 7) is 3.14. The lowest BCUT2D eigenvalue weighted by molar-refractivity contribution is -0.120. The van der Waals surface area contributed by atoms with Gasteiger partial charge in [-0.3, -0.25) is 4.79 Å². The van der Waals surface area contributed by atoms with Gasteiger partial charge in [0.05, 0.1) is 6.42 Å². The van der Waals surface area contributed by atoms with E-state index in [0.717, 1.165) is 23.7 Å². The summed E-state index contributed by atoms with van der Waals surface area (Å²) >= 11 is 0. The van der Waals surface area contributed by atoms with Gasteiger partial charge in [0.25, 0.3) is 0 Å². The summed E-state index contributed by atoms with van der Waals surface area (Å²) in [6.07, 6.45) is 5.60. The number of carbonyl (C=O) groups excluding carboxylic acids is 1. The predicted molar refractivity (Wildman–Crippen MR) is 85.9 cm³/mol. The molecule has 1 fully saturated rings. The van der Waals surface area contributed by atoms with Crippen molar-refractivity contribution in [3.8, 4) is 0 Å². The van der Waals surface area contributed by atoms with Crippen molar-refractivity contribution in [3.05, 3.63) is 29.8 Å². The Bertz CT molecular complexity index is 419. The minimum atomic E-state index is 0. The molecule has 0 spiro atoms. The number of hydrogen-bond acceptors (Lipinski definition) is 2. The number of rotatable bonds is 4. The Balaban J connectivity index is 0.00000200. The van der Waals surface area contributed by atoms with Gasteiger partial charge >= 0.3 is 0 Å². The number of hydrogen-bond donors (Lipinski definition) is 2. The van der Waals surface area contributed by atoms with Crippen LogP contribution < -0.4 is 11.1 Å². The van der Waals surface area contributed by atoms with Crippen LogP contribution in [-0.4, -0.2) is 12.5 Å². The molecule has 1 aliphatic rings. The number of nitrogens with two attached hydrogens (primary N) is 1. The van der Waals surface area contributed by atoms with Crippen molar-refractivity contribution >= 4 is 24.0 Å².